The van der Waals surface area contributed by atoms with Gasteiger partial charge in [-0.2, -0.15) is 0 Å². The SMILES string of the molecule is COc1ccc2nc(N3CCCC(CO)C3)cc(C)c2c1. The Kier molecular flexibility index (Phi) is 3.97. The molecule has 0 spiro atoms. The first-order chi connectivity index (χ1) is 10.2. The zero-order valence-corrected chi connectivity index (χ0v) is 12.7. The quantitative estimate of drug-likeness (QED) is 0.942. The number of benzene rings is 1. The van der Waals surface area contributed by atoms with Gasteiger partial charge in [0.05, 0.1) is 12.6 Å². The van der Waals surface area contributed by atoms with Gasteiger partial charge < -0.3 is 14.7 Å². The van der Waals surface area contributed by atoms with E-state index >= 15 is 0 Å². The molecule has 3 rings (SSSR count). The summed E-state index contributed by atoms with van der Waals surface area (Å²) < 4.78 is 5.29. The molecule has 1 N–H and O–H groups in total. The van der Waals surface area contributed by atoms with Crippen LogP contribution in [0.4, 0.5) is 5.82 Å². The minimum absolute atomic E-state index is 0.264. The monoisotopic (exact) mass is 286 g/mol. The fourth-order valence-electron chi connectivity index (χ4n) is 3.07. The van der Waals surface area contributed by atoms with Gasteiger partial charge in [-0.25, -0.2) is 4.98 Å². The molecule has 2 aromatic rings. The molecule has 1 atom stereocenters. The van der Waals surface area contributed by atoms with E-state index in [1.165, 1.54) is 5.56 Å². The highest BCUT2D eigenvalue weighted by Gasteiger charge is 2.20. The number of rotatable bonds is 3. The molecule has 1 unspecified atom stereocenters. The van der Waals surface area contributed by atoms with Gasteiger partial charge in [-0.3, -0.25) is 0 Å². The molecule has 1 saturated heterocycles. The Labute approximate surface area is 125 Å². The molecule has 0 amide bonds. The molecule has 4 nitrogen and oxygen atoms in total. The van der Waals surface area contributed by atoms with Gasteiger partial charge in [0.15, 0.2) is 0 Å². The highest BCUT2D eigenvalue weighted by molar-refractivity contribution is 5.85. The van der Waals surface area contributed by atoms with E-state index in [-0.39, 0.29) is 6.61 Å². The standard InChI is InChI=1S/C17H22N2O2/c1-12-8-17(19-7-3-4-13(10-19)11-20)18-16-6-5-14(21-2)9-15(12)16/h5-6,8-9,13,20H,3-4,7,10-11H2,1-2H3. The third-order valence-electron chi connectivity index (χ3n) is 4.31. The molecule has 21 heavy (non-hydrogen) atoms. The maximum Gasteiger partial charge on any atom is 0.129 e. The number of anilines is 1. The molecule has 112 valence electrons. The van der Waals surface area contributed by atoms with E-state index in [1.807, 2.05) is 18.2 Å². The summed E-state index contributed by atoms with van der Waals surface area (Å²) in [6.45, 7) is 4.29. The maximum absolute atomic E-state index is 9.38. The number of aromatic nitrogens is 1. The summed E-state index contributed by atoms with van der Waals surface area (Å²) in [6.07, 6.45) is 2.23. The number of pyridine rings is 1. The lowest BCUT2D eigenvalue weighted by Crippen LogP contribution is -2.37. The second kappa shape index (κ2) is 5.90. The topological polar surface area (TPSA) is 45.6 Å². The molecular formula is C17H22N2O2. The zero-order chi connectivity index (χ0) is 14.8. The molecule has 1 aliphatic rings. The van der Waals surface area contributed by atoms with Crippen molar-refractivity contribution in [3.05, 3.63) is 29.8 Å². The number of fused-ring (bicyclic) bond motifs is 1. The van der Waals surface area contributed by atoms with E-state index in [0.717, 1.165) is 48.4 Å². The van der Waals surface area contributed by atoms with E-state index in [9.17, 15) is 5.11 Å². The van der Waals surface area contributed by atoms with Gasteiger partial charge in [0, 0.05) is 25.1 Å². The number of ether oxygens (including phenoxy) is 1. The van der Waals surface area contributed by atoms with Gasteiger partial charge >= 0.3 is 0 Å². The Morgan fingerprint density at radius 1 is 1.38 bits per heavy atom. The molecule has 1 aromatic carbocycles. The van der Waals surface area contributed by atoms with Crippen LogP contribution < -0.4 is 9.64 Å². The molecule has 1 fully saturated rings. The fraction of sp³-hybridized carbons (Fsp3) is 0.471. The van der Waals surface area contributed by atoms with Crippen LogP contribution in [0.1, 0.15) is 18.4 Å². The highest BCUT2D eigenvalue weighted by Crippen LogP contribution is 2.28. The summed E-state index contributed by atoms with van der Waals surface area (Å²) in [5, 5.41) is 10.5. The van der Waals surface area contributed by atoms with E-state index in [0.29, 0.717) is 5.92 Å². The van der Waals surface area contributed by atoms with Crippen LogP contribution in [0, 0.1) is 12.8 Å². The third kappa shape index (κ3) is 2.81. The molecule has 4 heteroatoms. The number of methoxy groups -OCH3 is 1. The number of nitrogens with zero attached hydrogens (tertiary/aromatic N) is 2. The molecule has 1 aliphatic heterocycles. The van der Waals surface area contributed by atoms with Crippen molar-refractivity contribution < 1.29 is 9.84 Å². The molecule has 0 radical (unpaired) electrons. The Bertz CT molecular complexity index is 642. The fourth-order valence-corrected chi connectivity index (χ4v) is 3.07. The molecule has 1 aromatic heterocycles. The van der Waals surface area contributed by atoms with E-state index in [2.05, 4.69) is 17.9 Å². The number of hydrogen-bond acceptors (Lipinski definition) is 4. The van der Waals surface area contributed by atoms with Gasteiger partial charge in [0.2, 0.25) is 0 Å². The zero-order valence-electron chi connectivity index (χ0n) is 12.7. The minimum Gasteiger partial charge on any atom is -0.497 e. The van der Waals surface area contributed by atoms with E-state index in [4.69, 9.17) is 9.72 Å². The van der Waals surface area contributed by atoms with E-state index in [1.54, 1.807) is 7.11 Å². The number of hydrogen-bond donors (Lipinski definition) is 1. The second-order valence-electron chi connectivity index (χ2n) is 5.82. The normalized spacial score (nSPS) is 19.0. The molecule has 0 bridgehead atoms. The summed E-state index contributed by atoms with van der Waals surface area (Å²) in [7, 11) is 1.68. The van der Waals surface area contributed by atoms with Crippen LogP contribution in [0.15, 0.2) is 24.3 Å². The summed E-state index contributed by atoms with van der Waals surface area (Å²) in [6, 6.07) is 8.14. The number of piperidine rings is 1. The van der Waals surface area contributed by atoms with Crippen molar-refractivity contribution in [2.24, 2.45) is 5.92 Å². The molecule has 2 heterocycles. The lowest BCUT2D eigenvalue weighted by molar-refractivity contribution is 0.208. The van der Waals surface area contributed by atoms with Crippen LogP contribution in [-0.2, 0) is 0 Å². The van der Waals surface area contributed by atoms with Crippen LogP contribution in [-0.4, -0.2) is 36.9 Å². The average Bonchev–Trinajstić information content (AvgIpc) is 2.54. The second-order valence-corrected chi connectivity index (χ2v) is 5.82. The molecule has 0 aliphatic carbocycles. The van der Waals surface area contributed by atoms with Crippen LogP contribution in [0.25, 0.3) is 10.9 Å². The van der Waals surface area contributed by atoms with Crippen molar-refractivity contribution in [2.75, 3.05) is 31.7 Å². The predicted octanol–water partition coefficient (Wildman–Crippen LogP) is 2.76. The number of aliphatic hydroxyl groups is 1. The van der Waals surface area contributed by atoms with Crippen molar-refractivity contribution in [3.8, 4) is 5.75 Å². The van der Waals surface area contributed by atoms with Crippen LogP contribution >= 0.6 is 0 Å². The summed E-state index contributed by atoms with van der Waals surface area (Å²) in [4.78, 5) is 7.09. The Morgan fingerprint density at radius 2 is 2.24 bits per heavy atom. The first-order valence-corrected chi connectivity index (χ1v) is 7.52. The van der Waals surface area contributed by atoms with Crippen LogP contribution in [0.2, 0.25) is 0 Å². The Balaban J connectivity index is 1.96. The molecular weight excluding hydrogens is 264 g/mol. The molecule has 0 saturated carbocycles. The van der Waals surface area contributed by atoms with Gasteiger partial charge in [0.25, 0.3) is 0 Å². The van der Waals surface area contributed by atoms with Gasteiger partial charge in [-0.05, 0) is 55.5 Å². The predicted molar refractivity (Wildman–Crippen MR) is 85.1 cm³/mol. The lowest BCUT2D eigenvalue weighted by atomic mass is 9.99. The largest absolute Gasteiger partial charge is 0.497 e. The highest BCUT2D eigenvalue weighted by atomic mass is 16.5. The van der Waals surface area contributed by atoms with Gasteiger partial charge in [-0.1, -0.05) is 0 Å². The third-order valence-corrected chi connectivity index (χ3v) is 4.31. The number of aryl methyl sites for hydroxylation is 1. The summed E-state index contributed by atoms with van der Waals surface area (Å²) in [5.41, 5.74) is 2.21. The summed E-state index contributed by atoms with van der Waals surface area (Å²) >= 11 is 0. The number of aliphatic hydroxyl groups excluding tert-OH is 1. The Hall–Kier alpha value is -1.81. The van der Waals surface area contributed by atoms with Crippen molar-refractivity contribution in [1.29, 1.82) is 0 Å². The lowest BCUT2D eigenvalue weighted by Gasteiger charge is -2.33. The van der Waals surface area contributed by atoms with Crippen molar-refractivity contribution in [3.63, 3.8) is 0 Å². The maximum atomic E-state index is 9.38. The first-order valence-electron chi connectivity index (χ1n) is 7.52. The first kappa shape index (κ1) is 14.1. The Morgan fingerprint density at radius 3 is 3.00 bits per heavy atom. The van der Waals surface area contributed by atoms with Crippen molar-refractivity contribution in [2.45, 2.75) is 19.8 Å². The van der Waals surface area contributed by atoms with Crippen LogP contribution in [0.3, 0.4) is 0 Å². The average molecular weight is 286 g/mol. The van der Waals surface area contributed by atoms with Gasteiger partial charge in [-0.15, -0.1) is 0 Å². The van der Waals surface area contributed by atoms with E-state index < -0.39 is 0 Å². The van der Waals surface area contributed by atoms with Crippen molar-refractivity contribution >= 4 is 16.7 Å². The van der Waals surface area contributed by atoms with Crippen LogP contribution in [0.5, 0.6) is 5.75 Å². The summed E-state index contributed by atoms with van der Waals surface area (Å²) in [5.74, 6) is 2.24. The van der Waals surface area contributed by atoms with Gasteiger partial charge in [0.1, 0.15) is 11.6 Å². The smallest absolute Gasteiger partial charge is 0.129 e. The minimum atomic E-state index is 0.264. The van der Waals surface area contributed by atoms with Crippen molar-refractivity contribution in [1.82, 2.24) is 4.98 Å².